The Hall–Kier alpha value is -3.09. The minimum absolute atomic E-state index is 0.00375. The van der Waals surface area contributed by atoms with E-state index < -0.39 is 5.63 Å². The Bertz CT molecular complexity index is 1190. The molecule has 3 aromatic rings. The van der Waals surface area contributed by atoms with Crippen molar-refractivity contribution in [1.29, 1.82) is 0 Å². The number of H-pyrrole nitrogens is 1. The van der Waals surface area contributed by atoms with Crippen LogP contribution in [0.15, 0.2) is 33.9 Å². The van der Waals surface area contributed by atoms with Crippen molar-refractivity contribution >= 4 is 16.9 Å². The monoisotopic (exact) mass is 435 g/mol. The number of hydrogen-bond donors (Lipinski definition) is 2. The summed E-state index contributed by atoms with van der Waals surface area (Å²) in [6.45, 7) is 2.37. The Morgan fingerprint density at radius 2 is 2.06 bits per heavy atom. The first-order valence-electron chi connectivity index (χ1n) is 11.6. The predicted molar refractivity (Wildman–Crippen MR) is 121 cm³/mol. The topological polar surface area (TPSA) is 97.2 Å². The third kappa shape index (κ3) is 4.04. The van der Waals surface area contributed by atoms with Crippen molar-refractivity contribution in [1.82, 2.24) is 15.3 Å². The van der Waals surface area contributed by atoms with Gasteiger partial charge in [-0.05, 0) is 62.6 Å². The van der Waals surface area contributed by atoms with Gasteiger partial charge in [0.25, 0.3) is 0 Å². The summed E-state index contributed by atoms with van der Waals surface area (Å²) in [5, 5.41) is 3.75. The van der Waals surface area contributed by atoms with Gasteiger partial charge in [0.15, 0.2) is 0 Å². The average molecular weight is 436 g/mol. The van der Waals surface area contributed by atoms with Gasteiger partial charge in [-0.2, -0.15) is 0 Å². The van der Waals surface area contributed by atoms with Gasteiger partial charge in [0.05, 0.1) is 18.3 Å². The molecule has 1 saturated carbocycles. The van der Waals surface area contributed by atoms with Crippen LogP contribution in [0.5, 0.6) is 5.75 Å². The van der Waals surface area contributed by atoms with Crippen LogP contribution in [0.4, 0.5) is 0 Å². The summed E-state index contributed by atoms with van der Waals surface area (Å²) in [5.41, 5.74) is 3.35. The van der Waals surface area contributed by atoms with E-state index in [0.29, 0.717) is 24.1 Å². The fourth-order valence-electron chi connectivity index (χ4n) is 5.13. The summed E-state index contributed by atoms with van der Waals surface area (Å²) < 4.78 is 12.1. The van der Waals surface area contributed by atoms with E-state index in [9.17, 15) is 9.59 Å². The molecule has 7 nitrogen and oxygen atoms in total. The van der Waals surface area contributed by atoms with Crippen LogP contribution in [-0.2, 0) is 24.1 Å². The van der Waals surface area contributed by atoms with Gasteiger partial charge in [0.1, 0.15) is 16.9 Å². The number of benzene rings is 1. The number of aryl methyl sites for hydroxylation is 2. The van der Waals surface area contributed by atoms with Gasteiger partial charge in [-0.1, -0.05) is 6.42 Å². The molecule has 1 aliphatic carbocycles. The lowest BCUT2D eigenvalue weighted by Crippen LogP contribution is -2.41. The maximum absolute atomic E-state index is 12.7. The molecule has 5 rings (SSSR count). The quantitative estimate of drug-likeness (QED) is 0.595. The van der Waals surface area contributed by atoms with Gasteiger partial charge < -0.3 is 19.5 Å². The summed E-state index contributed by atoms with van der Waals surface area (Å²) in [6, 6.07) is 3.96. The molecule has 2 N–H and O–H groups in total. The van der Waals surface area contributed by atoms with Gasteiger partial charge in [-0.25, -0.2) is 9.78 Å². The molecule has 7 heteroatoms. The molecule has 32 heavy (non-hydrogen) atoms. The highest BCUT2D eigenvalue weighted by Crippen LogP contribution is 2.43. The van der Waals surface area contributed by atoms with E-state index in [4.69, 9.17) is 9.15 Å². The molecular weight excluding hydrogens is 406 g/mol. The molecule has 1 aromatic carbocycles. The van der Waals surface area contributed by atoms with Gasteiger partial charge >= 0.3 is 5.63 Å². The smallest absolute Gasteiger partial charge is 0.340 e. The molecule has 0 unspecified atom stereocenters. The van der Waals surface area contributed by atoms with Crippen molar-refractivity contribution in [3.63, 3.8) is 0 Å². The van der Waals surface area contributed by atoms with Crippen LogP contribution < -0.4 is 15.7 Å². The zero-order valence-corrected chi connectivity index (χ0v) is 18.5. The second-order valence-corrected chi connectivity index (χ2v) is 9.15. The van der Waals surface area contributed by atoms with E-state index in [1.54, 1.807) is 12.5 Å². The molecule has 1 aliphatic heterocycles. The minimum Gasteiger partial charge on any atom is -0.487 e. The summed E-state index contributed by atoms with van der Waals surface area (Å²) >= 11 is 0. The molecule has 0 bridgehead atoms. The van der Waals surface area contributed by atoms with Crippen molar-refractivity contribution in [2.45, 2.75) is 70.3 Å². The lowest BCUT2D eigenvalue weighted by atomic mass is 9.79. The summed E-state index contributed by atoms with van der Waals surface area (Å²) in [6.07, 6.45) is 11.9. The third-order valence-electron chi connectivity index (χ3n) is 7.02. The van der Waals surface area contributed by atoms with Crippen LogP contribution in [0, 0.1) is 6.92 Å². The van der Waals surface area contributed by atoms with Gasteiger partial charge in [0, 0.05) is 36.3 Å². The van der Waals surface area contributed by atoms with Crippen LogP contribution in [0.1, 0.15) is 60.9 Å². The van der Waals surface area contributed by atoms with Crippen LogP contribution in [-0.4, -0.2) is 28.0 Å². The van der Waals surface area contributed by atoms with Crippen molar-refractivity contribution in [3.8, 4) is 5.75 Å². The number of carbonyl (C=O) groups is 1. The molecule has 2 aliphatic rings. The Kier molecular flexibility index (Phi) is 5.49. The molecule has 0 saturated heterocycles. The molecule has 0 radical (unpaired) electrons. The summed E-state index contributed by atoms with van der Waals surface area (Å²) in [5.74, 6) is 0.650. The second kappa shape index (κ2) is 8.45. The van der Waals surface area contributed by atoms with Crippen LogP contribution in [0.25, 0.3) is 11.0 Å². The maximum atomic E-state index is 12.7. The number of ether oxygens (including phenoxy) is 1. The molecule has 3 heterocycles. The first-order valence-corrected chi connectivity index (χ1v) is 11.6. The molecule has 1 spiro atoms. The highest BCUT2D eigenvalue weighted by Gasteiger charge is 2.37. The number of hydrogen-bond acceptors (Lipinski definition) is 5. The Balaban J connectivity index is 1.35. The number of carbonyl (C=O) groups excluding carboxylic acids is 1. The predicted octanol–water partition coefficient (Wildman–Crippen LogP) is 3.75. The van der Waals surface area contributed by atoms with E-state index in [-0.39, 0.29) is 17.9 Å². The SMILES string of the molecule is Cc1c(CC(=O)NCCc2cnc[nH]2)c(=O)oc2cc3c(cc12)CCC1(CCCCC1)O3. The fourth-order valence-corrected chi connectivity index (χ4v) is 5.13. The average Bonchev–Trinajstić information content (AvgIpc) is 3.30. The zero-order chi connectivity index (χ0) is 22.1. The molecule has 0 atom stereocenters. The van der Waals surface area contributed by atoms with E-state index >= 15 is 0 Å². The highest BCUT2D eigenvalue weighted by molar-refractivity contribution is 5.86. The van der Waals surface area contributed by atoms with Gasteiger partial charge in [-0.3, -0.25) is 4.79 Å². The van der Waals surface area contributed by atoms with E-state index in [2.05, 4.69) is 21.4 Å². The number of amides is 1. The summed E-state index contributed by atoms with van der Waals surface area (Å²) in [7, 11) is 0. The molecule has 1 fully saturated rings. The fraction of sp³-hybridized carbons (Fsp3) is 0.480. The number of nitrogens with zero attached hydrogens (tertiary/aromatic N) is 1. The number of imidazole rings is 1. The van der Waals surface area contributed by atoms with E-state index in [1.807, 2.05) is 13.0 Å². The van der Waals surface area contributed by atoms with E-state index in [0.717, 1.165) is 53.6 Å². The van der Waals surface area contributed by atoms with Crippen LogP contribution >= 0.6 is 0 Å². The third-order valence-corrected chi connectivity index (χ3v) is 7.02. The number of rotatable bonds is 5. The molecular formula is C25H29N3O4. The highest BCUT2D eigenvalue weighted by atomic mass is 16.5. The second-order valence-electron chi connectivity index (χ2n) is 9.15. The lowest BCUT2D eigenvalue weighted by molar-refractivity contribution is -0.120. The van der Waals surface area contributed by atoms with Crippen molar-refractivity contribution < 1.29 is 13.9 Å². The lowest BCUT2D eigenvalue weighted by Gasteiger charge is -2.41. The number of aromatic amines is 1. The zero-order valence-electron chi connectivity index (χ0n) is 18.5. The summed E-state index contributed by atoms with van der Waals surface area (Å²) in [4.78, 5) is 32.1. The van der Waals surface area contributed by atoms with Crippen molar-refractivity contribution in [2.24, 2.45) is 0 Å². The first kappa shape index (κ1) is 20.8. The number of aromatic nitrogens is 2. The first-order chi connectivity index (χ1) is 15.5. The maximum Gasteiger partial charge on any atom is 0.340 e. The Labute approximate surface area is 186 Å². The Morgan fingerprint density at radius 1 is 1.22 bits per heavy atom. The number of nitrogens with one attached hydrogen (secondary N) is 2. The molecule has 1 amide bonds. The minimum atomic E-state index is -0.457. The van der Waals surface area contributed by atoms with Crippen molar-refractivity contribution in [3.05, 3.63) is 57.5 Å². The molecule has 2 aromatic heterocycles. The number of fused-ring (bicyclic) bond motifs is 2. The largest absolute Gasteiger partial charge is 0.487 e. The normalized spacial score (nSPS) is 17.2. The Morgan fingerprint density at radius 3 is 2.84 bits per heavy atom. The van der Waals surface area contributed by atoms with Crippen LogP contribution in [0.2, 0.25) is 0 Å². The van der Waals surface area contributed by atoms with Crippen molar-refractivity contribution in [2.75, 3.05) is 6.54 Å². The van der Waals surface area contributed by atoms with Gasteiger partial charge in [-0.15, -0.1) is 0 Å². The van der Waals surface area contributed by atoms with E-state index in [1.165, 1.54) is 19.3 Å². The standard InChI is InChI=1S/C25H29N3O4/c1-16-19-11-17-5-9-25(7-3-2-4-8-25)32-21(17)13-22(19)31-24(30)20(16)12-23(29)27-10-6-18-14-26-15-28-18/h11,13-15H,2-10,12H2,1H3,(H,26,28)(H,27,29). The van der Waals surface area contributed by atoms with Gasteiger partial charge in [0.2, 0.25) is 5.91 Å². The molecule has 168 valence electrons. The van der Waals surface area contributed by atoms with Crippen LogP contribution in [0.3, 0.4) is 0 Å².